The zero-order valence-corrected chi connectivity index (χ0v) is 14.6. The molecule has 1 aromatic rings. The van der Waals surface area contributed by atoms with E-state index in [1.54, 1.807) is 13.4 Å². The molecule has 0 saturated heterocycles. The number of nitrogens with zero attached hydrogens (tertiary/aromatic N) is 3. The Hall–Kier alpha value is -3.02. The number of hydrogen-bond acceptors (Lipinski definition) is 5. The molecule has 0 atom stereocenters. The number of hydrogen-bond donors (Lipinski definition) is 3. The molecule has 1 rings (SSSR count). The summed E-state index contributed by atoms with van der Waals surface area (Å²) >= 11 is 0. The van der Waals surface area contributed by atoms with Crippen molar-refractivity contribution in [2.24, 2.45) is 15.8 Å². The molecule has 6 heteroatoms. The van der Waals surface area contributed by atoms with E-state index in [0.29, 0.717) is 17.9 Å². The predicted octanol–water partition coefficient (Wildman–Crippen LogP) is 3.08. The summed E-state index contributed by atoms with van der Waals surface area (Å²) in [6.45, 7) is 11.5. The Morgan fingerprint density at radius 3 is 2.71 bits per heavy atom. The van der Waals surface area contributed by atoms with Gasteiger partial charge in [-0.3, -0.25) is 10.0 Å². The van der Waals surface area contributed by atoms with Crippen LogP contribution in [0, 0.1) is 0 Å². The minimum Gasteiger partial charge on any atom is -0.397 e. The van der Waals surface area contributed by atoms with E-state index in [1.165, 1.54) is 5.01 Å². The maximum absolute atomic E-state index is 6.26. The van der Waals surface area contributed by atoms with Crippen LogP contribution in [0.25, 0.3) is 0 Å². The molecular formula is C18H26N6. The third-order valence-corrected chi connectivity index (χ3v) is 3.28. The molecule has 128 valence electrons. The Morgan fingerprint density at radius 1 is 1.42 bits per heavy atom. The zero-order chi connectivity index (χ0) is 18.1. The Kier molecular flexibility index (Phi) is 7.29. The summed E-state index contributed by atoms with van der Waals surface area (Å²) in [5.41, 5.74) is 16.8. The predicted molar refractivity (Wildman–Crippen MR) is 105 cm³/mol. The van der Waals surface area contributed by atoms with Gasteiger partial charge in [-0.05, 0) is 37.1 Å². The van der Waals surface area contributed by atoms with Crippen molar-refractivity contribution in [1.82, 2.24) is 5.01 Å². The van der Waals surface area contributed by atoms with Crippen LogP contribution in [0.1, 0.15) is 19.4 Å². The molecular weight excluding hydrogens is 300 g/mol. The standard InChI is InChI=1S/C18H26N6/c1-6-8-15(17(19)13(2)3)23-16-10-7-9-14(18(16)20)11-22-12-24(5)21-4/h6-10,12,23H,2,4,11,19-20H2,1,3,5H3/b8-6+,17-15+,22-12-. The molecule has 0 saturated carbocycles. The molecule has 0 heterocycles. The first-order valence-corrected chi connectivity index (χ1v) is 7.52. The van der Waals surface area contributed by atoms with Gasteiger partial charge in [0.1, 0.15) is 6.34 Å². The first-order chi connectivity index (χ1) is 11.4. The molecule has 0 aliphatic carbocycles. The van der Waals surface area contributed by atoms with Crippen LogP contribution in [-0.4, -0.2) is 25.1 Å². The molecule has 0 radical (unpaired) electrons. The second-order valence-corrected chi connectivity index (χ2v) is 5.28. The molecule has 5 N–H and O–H groups in total. The van der Waals surface area contributed by atoms with Crippen LogP contribution >= 0.6 is 0 Å². The van der Waals surface area contributed by atoms with Crippen molar-refractivity contribution < 1.29 is 0 Å². The van der Waals surface area contributed by atoms with Gasteiger partial charge in [0, 0.05) is 13.8 Å². The van der Waals surface area contributed by atoms with Gasteiger partial charge in [-0.25, -0.2) is 0 Å². The van der Waals surface area contributed by atoms with Crippen LogP contribution < -0.4 is 16.8 Å². The number of para-hydroxylation sites is 1. The van der Waals surface area contributed by atoms with Crippen LogP contribution in [0.15, 0.2) is 64.0 Å². The van der Waals surface area contributed by atoms with E-state index < -0.39 is 0 Å². The highest BCUT2D eigenvalue weighted by Crippen LogP contribution is 2.26. The monoisotopic (exact) mass is 326 g/mol. The zero-order valence-electron chi connectivity index (χ0n) is 14.6. The van der Waals surface area contributed by atoms with Crippen molar-refractivity contribution in [3.63, 3.8) is 0 Å². The maximum Gasteiger partial charge on any atom is 0.106 e. The molecule has 0 aromatic heterocycles. The summed E-state index contributed by atoms with van der Waals surface area (Å²) in [5.74, 6) is 0. The second kappa shape index (κ2) is 9.19. The van der Waals surface area contributed by atoms with Crippen LogP contribution in [0.2, 0.25) is 0 Å². The van der Waals surface area contributed by atoms with E-state index in [4.69, 9.17) is 11.5 Å². The van der Waals surface area contributed by atoms with E-state index in [9.17, 15) is 0 Å². The SMILES string of the molecule is C=NN(C)/C=N\Cc1cccc(NC(/C=C/C)=C(/N)C(=C)C)c1N. The van der Waals surface area contributed by atoms with E-state index in [2.05, 4.69) is 28.7 Å². The lowest BCUT2D eigenvalue weighted by Crippen LogP contribution is -2.11. The quantitative estimate of drug-likeness (QED) is 0.225. The van der Waals surface area contributed by atoms with Gasteiger partial charge in [0.25, 0.3) is 0 Å². The van der Waals surface area contributed by atoms with Crippen molar-refractivity contribution in [2.45, 2.75) is 20.4 Å². The second-order valence-electron chi connectivity index (χ2n) is 5.28. The molecule has 0 aliphatic heterocycles. The van der Waals surface area contributed by atoms with Gasteiger partial charge < -0.3 is 16.8 Å². The maximum atomic E-state index is 6.26. The van der Waals surface area contributed by atoms with Gasteiger partial charge >= 0.3 is 0 Å². The number of nitrogens with two attached hydrogens (primary N) is 2. The summed E-state index contributed by atoms with van der Waals surface area (Å²) in [6.07, 6.45) is 5.39. The van der Waals surface area contributed by atoms with Crippen molar-refractivity contribution >= 4 is 24.4 Å². The van der Waals surface area contributed by atoms with Gasteiger partial charge in [-0.1, -0.05) is 24.8 Å². The number of rotatable bonds is 8. The lowest BCUT2D eigenvalue weighted by atomic mass is 10.1. The van der Waals surface area contributed by atoms with Gasteiger partial charge in [0.15, 0.2) is 0 Å². The van der Waals surface area contributed by atoms with Crippen molar-refractivity contribution in [2.75, 3.05) is 18.1 Å². The van der Waals surface area contributed by atoms with Gasteiger partial charge in [-0.2, -0.15) is 5.10 Å². The third kappa shape index (κ3) is 5.31. The average molecular weight is 326 g/mol. The van der Waals surface area contributed by atoms with E-state index in [-0.39, 0.29) is 0 Å². The molecule has 0 bridgehead atoms. The number of nitrogens with one attached hydrogen (secondary N) is 1. The number of nitrogen functional groups attached to an aromatic ring is 1. The summed E-state index contributed by atoms with van der Waals surface area (Å²) in [6, 6.07) is 5.75. The van der Waals surface area contributed by atoms with E-state index in [0.717, 1.165) is 22.5 Å². The number of allylic oxidation sites excluding steroid dienone is 3. The van der Waals surface area contributed by atoms with Crippen molar-refractivity contribution in [1.29, 1.82) is 0 Å². The average Bonchev–Trinajstić information content (AvgIpc) is 2.56. The summed E-state index contributed by atoms with van der Waals surface area (Å²) < 4.78 is 0. The summed E-state index contributed by atoms with van der Waals surface area (Å²) in [7, 11) is 1.76. The summed E-state index contributed by atoms with van der Waals surface area (Å²) in [4.78, 5) is 4.29. The largest absolute Gasteiger partial charge is 0.397 e. The van der Waals surface area contributed by atoms with Crippen LogP contribution in [-0.2, 0) is 6.54 Å². The highest BCUT2D eigenvalue weighted by atomic mass is 15.4. The van der Waals surface area contributed by atoms with Crippen LogP contribution in [0.5, 0.6) is 0 Å². The molecule has 1 aromatic carbocycles. The fourth-order valence-electron chi connectivity index (χ4n) is 1.89. The Balaban J connectivity index is 3.07. The normalized spacial score (nSPS) is 12.3. The molecule has 0 amide bonds. The van der Waals surface area contributed by atoms with Gasteiger partial charge in [0.05, 0.1) is 29.3 Å². The van der Waals surface area contributed by atoms with E-state index in [1.807, 2.05) is 44.2 Å². The first-order valence-electron chi connectivity index (χ1n) is 7.52. The lowest BCUT2D eigenvalue weighted by molar-refractivity contribution is 0.564. The first kappa shape index (κ1) is 19.0. The topological polar surface area (TPSA) is 92.0 Å². The Morgan fingerprint density at radius 2 is 2.12 bits per heavy atom. The molecule has 0 unspecified atom stereocenters. The number of benzene rings is 1. The van der Waals surface area contributed by atoms with Gasteiger partial charge in [-0.15, -0.1) is 0 Å². The number of aliphatic imine (C=N–C) groups is 1. The number of anilines is 2. The van der Waals surface area contributed by atoms with Gasteiger partial charge in [0.2, 0.25) is 0 Å². The molecule has 0 fully saturated rings. The summed E-state index contributed by atoms with van der Waals surface area (Å²) in [5, 5.41) is 8.51. The molecule has 6 nitrogen and oxygen atoms in total. The van der Waals surface area contributed by atoms with Crippen molar-refractivity contribution in [3.8, 4) is 0 Å². The van der Waals surface area contributed by atoms with E-state index >= 15 is 0 Å². The highest BCUT2D eigenvalue weighted by molar-refractivity contribution is 5.73. The van der Waals surface area contributed by atoms with Crippen molar-refractivity contribution in [3.05, 3.63) is 59.5 Å². The fraction of sp³-hybridized carbons (Fsp3) is 0.222. The Labute approximate surface area is 143 Å². The van der Waals surface area contributed by atoms with Crippen LogP contribution in [0.3, 0.4) is 0 Å². The highest BCUT2D eigenvalue weighted by Gasteiger charge is 2.07. The lowest BCUT2D eigenvalue weighted by Gasteiger charge is -2.15. The minimum absolute atomic E-state index is 0.444. The molecule has 24 heavy (non-hydrogen) atoms. The Bertz CT molecular complexity index is 685. The number of hydrazone groups is 1. The minimum atomic E-state index is 0.444. The third-order valence-electron chi connectivity index (χ3n) is 3.28. The van der Waals surface area contributed by atoms with Crippen LogP contribution in [0.4, 0.5) is 11.4 Å². The fourth-order valence-corrected chi connectivity index (χ4v) is 1.89. The molecule has 0 aliphatic rings. The molecule has 0 spiro atoms. The smallest absolute Gasteiger partial charge is 0.106 e.